The van der Waals surface area contributed by atoms with E-state index >= 15 is 0 Å². The Kier molecular flexibility index (Phi) is 6.64. The van der Waals surface area contributed by atoms with E-state index in [-0.39, 0.29) is 6.04 Å². The lowest BCUT2D eigenvalue weighted by Crippen LogP contribution is -2.32. The highest BCUT2D eigenvalue weighted by Gasteiger charge is 2.12. The molecule has 102 valence electrons. The van der Waals surface area contributed by atoms with Gasteiger partial charge in [0, 0.05) is 21.6 Å². The Balaban J connectivity index is 2.56. The lowest BCUT2D eigenvalue weighted by molar-refractivity contribution is 0.354. The first-order valence-electron chi connectivity index (χ1n) is 6.26. The van der Waals surface area contributed by atoms with Gasteiger partial charge in [-0.3, -0.25) is 0 Å². The van der Waals surface area contributed by atoms with E-state index in [1.165, 1.54) is 0 Å². The molecule has 0 saturated carbocycles. The highest BCUT2D eigenvalue weighted by Crippen LogP contribution is 2.26. The summed E-state index contributed by atoms with van der Waals surface area (Å²) in [6.07, 6.45) is 1.13. The van der Waals surface area contributed by atoms with Gasteiger partial charge in [-0.25, -0.2) is 0 Å². The summed E-state index contributed by atoms with van der Waals surface area (Å²) in [5.41, 5.74) is 1.15. The molecular formula is C14H22BrClN2. The third-order valence-electron chi connectivity index (χ3n) is 2.97. The number of hydrogen-bond donors (Lipinski definition) is 1. The minimum atomic E-state index is 0.266. The molecule has 0 aliphatic rings. The summed E-state index contributed by atoms with van der Waals surface area (Å²) in [6.45, 7) is 5.46. The molecule has 1 aromatic carbocycles. The maximum Gasteiger partial charge on any atom is 0.0464 e. The number of rotatable bonds is 6. The van der Waals surface area contributed by atoms with E-state index in [4.69, 9.17) is 11.6 Å². The standard InChI is InChI=1S/C14H22BrClN2/c1-10(7-8-18(3)4)17-11(2)13-6-5-12(15)9-14(13)16/h5-6,9-11,17H,7-8H2,1-4H3. The highest BCUT2D eigenvalue weighted by atomic mass is 79.9. The molecule has 1 rings (SSSR count). The van der Waals surface area contributed by atoms with Crippen LogP contribution in [0.4, 0.5) is 0 Å². The molecule has 0 radical (unpaired) electrons. The minimum absolute atomic E-state index is 0.266. The SMILES string of the molecule is CC(CCN(C)C)NC(C)c1ccc(Br)cc1Cl. The van der Waals surface area contributed by atoms with Crippen LogP contribution in [-0.2, 0) is 0 Å². The van der Waals surface area contributed by atoms with Gasteiger partial charge in [0.05, 0.1) is 0 Å². The lowest BCUT2D eigenvalue weighted by Gasteiger charge is -2.22. The van der Waals surface area contributed by atoms with Crippen LogP contribution in [0.2, 0.25) is 5.02 Å². The van der Waals surface area contributed by atoms with E-state index in [2.05, 4.69) is 60.2 Å². The number of hydrogen-bond acceptors (Lipinski definition) is 2. The second-order valence-electron chi connectivity index (χ2n) is 5.05. The average molecular weight is 334 g/mol. The zero-order chi connectivity index (χ0) is 13.7. The van der Waals surface area contributed by atoms with Gasteiger partial charge in [-0.05, 0) is 58.6 Å². The van der Waals surface area contributed by atoms with Crippen molar-refractivity contribution in [2.75, 3.05) is 20.6 Å². The number of benzene rings is 1. The molecule has 0 aliphatic carbocycles. The molecule has 0 bridgehead atoms. The topological polar surface area (TPSA) is 15.3 Å². The predicted octanol–water partition coefficient (Wildman–Crippen LogP) is 4.09. The maximum absolute atomic E-state index is 6.26. The first-order valence-corrected chi connectivity index (χ1v) is 7.43. The Morgan fingerprint density at radius 1 is 1.33 bits per heavy atom. The van der Waals surface area contributed by atoms with Gasteiger partial charge < -0.3 is 10.2 Å². The monoisotopic (exact) mass is 332 g/mol. The first kappa shape index (κ1) is 16.0. The molecule has 0 heterocycles. The van der Waals surface area contributed by atoms with Gasteiger partial charge >= 0.3 is 0 Å². The molecule has 2 atom stereocenters. The quantitative estimate of drug-likeness (QED) is 0.843. The van der Waals surface area contributed by atoms with Crippen LogP contribution in [-0.4, -0.2) is 31.6 Å². The fraction of sp³-hybridized carbons (Fsp3) is 0.571. The van der Waals surface area contributed by atoms with Crippen LogP contribution >= 0.6 is 27.5 Å². The van der Waals surface area contributed by atoms with Crippen LogP contribution in [0, 0.1) is 0 Å². The largest absolute Gasteiger partial charge is 0.309 e. The van der Waals surface area contributed by atoms with Crippen molar-refractivity contribution in [3.05, 3.63) is 33.3 Å². The van der Waals surface area contributed by atoms with Crippen LogP contribution in [0.15, 0.2) is 22.7 Å². The van der Waals surface area contributed by atoms with E-state index in [1.54, 1.807) is 0 Å². The molecule has 4 heteroatoms. The smallest absolute Gasteiger partial charge is 0.0464 e. The molecule has 2 unspecified atom stereocenters. The van der Waals surface area contributed by atoms with Gasteiger partial charge in [-0.1, -0.05) is 33.6 Å². The molecular weight excluding hydrogens is 312 g/mol. The summed E-state index contributed by atoms with van der Waals surface area (Å²) in [4.78, 5) is 2.20. The normalized spacial score (nSPS) is 14.8. The van der Waals surface area contributed by atoms with Gasteiger partial charge in [-0.15, -0.1) is 0 Å². The maximum atomic E-state index is 6.26. The second kappa shape index (κ2) is 7.49. The third-order valence-corrected chi connectivity index (χ3v) is 3.79. The van der Waals surface area contributed by atoms with Crippen molar-refractivity contribution in [2.45, 2.75) is 32.4 Å². The van der Waals surface area contributed by atoms with E-state index in [0.717, 1.165) is 28.0 Å². The van der Waals surface area contributed by atoms with Crippen LogP contribution in [0.25, 0.3) is 0 Å². The van der Waals surface area contributed by atoms with E-state index in [9.17, 15) is 0 Å². The third kappa shape index (κ3) is 5.27. The zero-order valence-electron chi connectivity index (χ0n) is 11.5. The fourth-order valence-electron chi connectivity index (χ4n) is 1.90. The van der Waals surface area contributed by atoms with Gasteiger partial charge in [-0.2, -0.15) is 0 Å². The van der Waals surface area contributed by atoms with E-state index < -0.39 is 0 Å². The molecule has 0 aliphatic heterocycles. The van der Waals surface area contributed by atoms with Gasteiger partial charge in [0.1, 0.15) is 0 Å². The summed E-state index contributed by atoms with van der Waals surface area (Å²) in [5, 5.41) is 4.39. The van der Waals surface area contributed by atoms with Crippen molar-refractivity contribution in [3.63, 3.8) is 0 Å². The van der Waals surface area contributed by atoms with Crippen LogP contribution < -0.4 is 5.32 Å². The molecule has 0 fully saturated rings. The molecule has 2 nitrogen and oxygen atoms in total. The van der Waals surface area contributed by atoms with Crippen molar-refractivity contribution in [2.24, 2.45) is 0 Å². The Morgan fingerprint density at radius 3 is 2.56 bits per heavy atom. The van der Waals surface area contributed by atoms with Gasteiger partial charge in [0.2, 0.25) is 0 Å². The Hall–Kier alpha value is -0.0900. The molecule has 1 aromatic rings. The van der Waals surface area contributed by atoms with Crippen LogP contribution in [0.1, 0.15) is 31.9 Å². The van der Waals surface area contributed by atoms with Gasteiger partial charge in [0.15, 0.2) is 0 Å². The molecule has 0 spiro atoms. The first-order chi connectivity index (χ1) is 8.40. The number of halogens is 2. The average Bonchev–Trinajstić information content (AvgIpc) is 2.26. The molecule has 0 saturated heterocycles. The Morgan fingerprint density at radius 2 is 2.00 bits per heavy atom. The van der Waals surface area contributed by atoms with Crippen molar-refractivity contribution in [3.8, 4) is 0 Å². The summed E-state index contributed by atoms with van der Waals surface area (Å²) in [6, 6.07) is 6.79. The molecule has 0 aromatic heterocycles. The molecule has 18 heavy (non-hydrogen) atoms. The number of nitrogens with zero attached hydrogens (tertiary/aromatic N) is 1. The fourth-order valence-corrected chi connectivity index (χ4v) is 2.74. The second-order valence-corrected chi connectivity index (χ2v) is 6.37. The van der Waals surface area contributed by atoms with E-state index in [1.807, 2.05) is 12.1 Å². The predicted molar refractivity (Wildman–Crippen MR) is 83.3 cm³/mol. The van der Waals surface area contributed by atoms with Crippen molar-refractivity contribution >= 4 is 27.5 Å². The summed E-state index contributed by atoms with van der Waals surface area (Å²) < 4.78 is 1.02. The number of nitrogens with one attached hydrogen (secondary N) is 1. The molecule has 0 amide bonds. The van der Waals surface area contributed by atoms with Crippen LogP contribution in [0.5, 0.6) is 0 Å². The lowest BCUT2D eigenvalue weighted by atomic mass is 10.1. The van der Waals surface area contributed by atoms with Gasteiger partial charge in [0.25, 0.3) is 0 Å². The summed E-state index contributed by atoms with van der Waals surface area (Å²) >= 11 is 9.68. The van der Waals surface area contributed by atoms with Crippen LogP contribution in [0.3, 0.4) is 0 Å². The Labute approximate surface area is 124 Å². The summed E-state index contributed by atoms with van der Waals surface area (Å²) in [5.74, 6) is 0. The zero-order valence-corrected chi connectivity index (χ0v) is 13.8. The minimum Gasteiger partial charge on any atom is -0.309 e. The molecule has 1 N–H and O–H groups in total. The highest BCUT2D eigenvalue weighted by molar-refractivity contribution is 9.10. The van der Waals surface area contributed by atoms with Crippen molar-refractivity contribution in [1.29, 1.82) is 0 Å². The summed E-state index contributed by atoms with van der Waals surface area (Å²) in [7, 11) is 4.20. The van der Waals surface area contributed by atoms with E-state index in [0.29, 0.717) is 6.04 Å². The van der Waals surface area contributed by atoms with Crippen molar-refractivity contribution < 1.29 is 0 Å². The Bertz CT molecular complexity index is 382. The van der Waals surface area contributed by atoms with Crippen molar-refractivity contribution in [1.82, 2.24) is 10.2 Å².